The van der Waals surface area contributed by atoms with Gasteiger partial charge in [0.2, 0.25) is 5.95 Å². The normalized spacial score (nSPS) is 11.9. The van der Waals surface area contributed by atoms with Gasteiger partial charge in [0.15, 0.2) is 0 Å². The third kappa shape index (κ3) is 6.18. The van der Waals surface area contributed by atoms with Gasteiger partial charge < -0.3 is 4.42 Å². The van der Waals surface area contributed by atoms with Gasteiger partial charge in [-0.2, -0.15) is 0 Å². The molecule has 0 radical (unpaired) electrons. The monoisotopic (exact) mass is 949 g/mol. The van der Waals surface area contributed by atoms with Crippen molar-refractivity contribution in [1.29, 1.82) is 0 Å². The van der Waals surface area contributed by atoms with Crippen LogP contribution in [0.1, 0.15) is 0 Å². The van der Waals surface area contributed by atoms with E-state index in [1.807, 2.05) is 29.5 Å². The Morgan fingerprint density at radius 2 is 1.00 bits per heavy atom. The summed E-state index contributed by atoms with van der Waals surface area (Å²) >= 11 is 5.86. The molecule has 14 aromatic rings. The molecule has 0 atom stereocenters. The van der Waals surface area contributed by atoms with Crippen LogP contribution in [0.25, 0.3) is 137 Å². The van der Waals surface area contributed by atoms with Gasteiger partial charge in [0.05, 0.1) is 27.1 Å². The van der Waals surface area contributed by atoms with Crippen LogP contribution in [-0.4, -0.2) is 14.5 Å². The highest BCUT2D eigenvalue weighted by Crippen LogP contribution is 2.46. The minimum atomic E-state index is 0.636. The molecule has 6 heteroatoms. The highest BCUT2D eigenvalue weighted by Gasteiger charge is 2.20. The number of rotatable bonds is 6. The highest BCUT2D eigenvalue weighted by molar-refractivity contribution is 9.10. The first-order valence-electron chi connectivity index (χ1n) is 22.7. The predicted octanol–water partition coefficient (Wildman–Crippen LogP) is 18.1. The third-order valence-electron chi connectivity index (χ3n) is 13.6. The van der Waals surface area contributed by atoms with E-state index in [1.54, 1.807) is 0 Å². The van der Waals surface area contributed by atoms with Crippen LogP contribution in [0.15, 0.2) is 227 Å². The standard InChI is InChI=1S/C62H36BrN3OS/c63-58-52-36-43(32-34-57(52)68-61(58)49-19-9-12-39-11-1-2-13-44(39)49)38-25-23-37(24-26-38)42-31-33-55-51(35-42)46-14-4-7-21-54(46)66(55)62-64-53-20-6-3-16-50(53)59(65-62)41-29-27-40(28-30-41)45-17-10-18-48-47-15-5-8-22-56(47)67-60(45)48/h1-36H. The summed E-state index contributed by atoms with van der Waals surface area (Å²) < 4.78 is 11.0. The second-order valence-electron chi connectivity index (χ2n) is 17.4. The number of halogens is 1. The molecular weight excluding hydrogens is 915 g/mol. The van der Waals surface area contributed by atoms with E-state index in [0.717, 1.165) is 92.6 Å². The number of fused-ring (bicyclic) bond motifs is 9. The van der Waals surface area contributed by atoms with Crippen LogP contribution in [0, 0.1) is 0 Å². The Balaban J connectivity index is 0.818. The number of furan rings is 1. The first-order valence-corrected chi connectivity index (χ1v) is 24.3. The van der Waals surface area contributed by atoms with Gasteiger partial charge in [0, 0.05) is 58.2 Å². The molecule has 0 aliphatic heterocycles. The Hall–Kier alpha value is -8.16. The summed E-state index contributed by atoms with van der Waals surface area (Å²) in [6.07, 6.45) is 0. The van der Waals surface area contributed by atoms with Crippen molar-refractivity contribution in [3.63, 3.8) is 0 Å². The molecule has 0 aliphatic carbocycles. The zero-order valence-corrected chi connectivity index (χ0v) is 38.7. The van der Waals surface area contributed by atoms with E-state index in [0.29, 0.717) is 5.95 Å². The average molecular weight is 951 g/mol. The SMILES string of the molecule is Brc1c(-c2cccc3ccccc23)sc2ccc(-c3ccc(-c4ccc5c(c4)c4ccccc4n5-c4nc(-c5ccc(-c6cccc7c6oc6ccccc67)cc5)c5ccccc5n4)cc3)cc12. The quantitative estimate of drug-likeness (QED) is 0.167. The van der Waals surface area contributed by atoms with Crippen molar-refractivity contribution in [2.24, 2.45) is 0 Å². The number of aromatic nitrogens is 3. The number of nitrogens with zero attached hydrogens (tertiary/aromatic N) is 3. The summed E-state index contributed by atoms with van der Waals surface area (Å²) in [5.74, 6) is 0.636. The molecular formula is C62H36BrN3OS. The van der Waals surface area contributed by atoms with Crippen LogP contribution >= 0.6 is 27.3 Å². The van der Waals surface area contributed by atoms with Gasteiger partial charge in [-0.25, -0.2) is 9.97 Å². The lowest BCUT2D eigenvalue weighted by atomic mass is 9.98. The van der Waals surface area contributed by atoms with Crippen molar-refractivity contribution in [1.82, 2.24) is 14.5 Å². The molecule has 0 N–H and O–H groups in total. The van der Waals surface area contributed by atoms with Crippen molar-refractivity contribution < 1.29 is 4.42 Å². The Bertz CT molecular complexity index is 4330. The lowest BCUT2D eigenvalue weighted by Crippen LogP contribution is -2.03. The zero-order chi connectivity index (χ0) is 44.9. The van der Waals surface area contributed by atoms with Gasteiger partial charge in [0.1, 0.15) is 11.2 Å². The van der Waals surface area contributed by atoms with Crippen LogP contribution in [0.5, 0.6) is 0 Å². The van der Waals surface area contributed by atoms with Gasteiger partial charge in [0.25, 0.3) is 0 Å². The molecule has 0 spiro atoms. The number of hydrogen-bond acceptors (Lipinski definition) is 4. The molecule has 14 rings (SSSR count). The second-order valence-corrected chi connectivity index (χ2v) is 19.2. The van der Waals surface area contributed by atoms with E-state index in [2.05, 4.69) is 221 Å². The van der Waals surface area contributed by atoms with E-state index in [1.165, 1.54) is 42.4 Å². The third-order valence-corrected chi connectivity index (χ3v) is 15.8. The summed E-state index contributed by atoms with van der Waals surface area (Å²) in [4.78, 5) is 11.9. The first-order chi connectivity index (χ1) is 33.6. The molecule has 10 aromatic carbocycles. The maximum atomic E-state index is 6.40. The molecule has 0 saturated heterocycles. The van der Waals surface area contributed by atoms with Gasteiger partial charge in [-0.05, 0) is 97.0 Å². The smallest absolute Gasteiger partial charge is 0.235 e. The fraction of sp³-hybridized carbons (Fsp3) is 0. The molecule has 0 fully saturated rings. The Kier molecular flexibility index (Phi) is 8.88. The van der Waals surface area contributed by atoms with Gasteiger partial charge in [-0.15, -0.1) is 11.3 Å². The fourth-order valence-electron chi connectivity index (χ4n) is 10.2. The highest BCUT2D eigenvalue weighted by atomic mass is 79.9. The lowest BCUT2D eigenvalue weighted by molar-refractivity contribution is 0.670. The molecule has 0 aliphatic rings. The fourth-order valence-corrected chi connectivity index (χ4v) is 12.3. The summed E-state index contributed by atoms with van der Waals surface area (Å²) in [5, 5.41) is 9.30. The largest absolute Gasteiger partial charge is 0.455 e. The second kappa shape index (κ2) is 15.5. The van der Waals surface area contributed by atoms with Crippen LogP contribution < -0.4 is 0 Å². The van der Waals surface area contributed by atoms with Crippen LogP contribution in [0.3, 0.4) is 0 Å². The minimum absolute atomic E-state index is 0.636. The molecule has 0 unspecified atom stereocenters. The molecule has 4 aromatic heterocycles. The van der Waals surface area contributed by atoms with Crippen molar-refractivity contribution in [2.75, 3.05) is 0 Å². The Morgan fingerprint density at radius 3 is 1.84 bits per heavy atom. The summed E-state index contributed by atoms with van der Waals surface area (Å²) in [7, 11) is 0. The molecule has 4 heterocycles. The number of para-hydroxylation sites is 4. The van der Waals surface area contributed by atoms with E-state index >= 15 is 0 Å². The van der Waals surface area contributed by atoms with Crippen molar-refractivity contribution in [3.05, 3.63) is 223 Å². The molecule has 0 amide bonds. The summed E-state index contributed by atoms with van der Waals surface area (Å²) in [5.41, 5.74) is 14.8. The van der Waals surface area contributed by atoms with E-state index < -0.39 is 0 Å². The van der Waals surface area contributed by atoms with Crippen molar-refractivity contribution in [3.8, 4) is 61.0 Å². The summed E-state index contributed by atoms with van der Waals surface area (Å²) in [6, 6.07) is 77.9. The van der Waals surface area contributed by atoms with Crippen LogP contribution in [-0.2, 0) is 0 Å². The predicted molar refractivity (Wildman–Crippen MR) is 289 cm³/mol. The van der Waals surface area contributed by atoms with E-state index in [4.69, 9.17) is 14.4 Å². The van der Waals surface area contributed by atoms with E-state index in [-0.39, 0.29) is 0 Å². The van der Waals surface area contributed by atoms with Crippen LogP contribution in [0.2, 0.25) is 0 Å². The number of hydrogen-bond donors (Lipinski definition) is 0. The molecule has 68 heavy (non-hydrogen) atoms. The summed E-state index contributed by atoms with van der Waals surface area (Å²) in [6.45, 7) is 0. The van der Waals surface area contributed by atoms with Gasteiger partial charge in [-0.3, -0.25) is 4.57 Å². The lowest BCUT2D eigenvalue weighted by Gasteiger charge is -2.12. The van der Waals surface area contributed by atoms with Gasteiger partial charge >= 0.3 is 0 Å². The first kappa shape index (κ1) is 39.0. The number of thiophene rings is 1. The van der Waals surface area contributed by atoms with Crippen LogP contribution in [0.4, 0.5) is 0 Å². The van der Waals surface area contributed by atoms with Crippen molar-refractivity contribution in [2.45, 2.75) is 0 Å². The Morgan fingerprint density at radius 1 is 0.412 bits per heavy atom. The number of benzene rings is 10. The zero-order valence-electron chi connectivity index (χ0n) is 36.3. The average Bonchev–Trinajstić information content (AvgIpc) is 4.07. The molecule has 0 saturated carbocycles. The topological polar surface area (TPSA) is 43.9 Å². The maximum absolute atomic E-state index is 6.40. The molecule has 318 valence electrons. The maximum Gasteiger partial charge on any atom is 0.235 e. The molecule has 4 nitrogen and oxygen atoms in total. The van der Waals surface area contributed by atoms with E-state index in [9.17, 15) is 0 Å². The Labute approximate surface area is 403 Å². The molecule has 0 bridgehead atoms. The van der Waals surface area contributed by atoms with Gasteiger partial charge in [-0.1, -0.05) is 176 Å². The van der Waals surface area contributed by atoms with Crippen molar-refractivity contribution >= 4 is 103 Å². The minimum Gasteiger partial charge on any atom is -0.455 e.